The van der Waals surface area contributed by atoms with Crippen molar-refractivity contribution >= 4 is 11.7 Å². The van der Waals surface area contributed by atoms with E-state index >= 15 is 0 Å². The molecule has 4 atom stereocenters. The summed E-state index contributed by atoms with van der Waals surface area (Å²) in [6.45, 7) is -0.877. The summed E-state index contributed by atoms with van der Waals surface area (Å²) in [7, 11) is 0. The Balaban J connectivity index is 2.52. The minimum Gasteiger partial charge on any atom is -0.478 e. The number of benzene rings is 1. The fourth-order valence-electron chi connectivity index (χ4n) is 1.64. The Bertz CT molecular complexity index is 450. The molecule has 1 aromatic carbocycles. The van der Waals surface area contributed by atoms with Crippen molar-refractivity contribution in [1.82, 2.24) is 0 Å². The lowest BCUT2D eigenvalue weighted by molar-refractivity contribution is -0.111. The van der Waals surface area contributed by atoms with Crippen molar-refractivity contribution in [2.24, 2.45) is 0 Å². The van der Waals surface area contributed by atoms with Gasteiger partial charge in [-0.2, -0.15) is 0 Å². The van der Waals surface area contributed by atoms with E-state index in [1.165, 1.54) is 24.3 Å². The zero-order valence-electron chi connectivity index (χ0n) is 11.1. The summed E-state index contributed by atoms with van der Waals surface area (Å²) >= 11 is 0. The highest BCUT2D eigenvalue weighted by molar-refractivity contribution is 5.87. The van der Waals surface area contributed by atoms with E-state index in [2.05, 4.69) is 5.32 Å². The van der Waals surface area contributed by atoms with Crippen LogP contribution < -0.4 is 5.32 Å². The van der Waals surface area contributed by atoms with E-state index in [1.807, 2.05) is 0 Å². The molecule has 8 heteroatoms. The van der Waals surface area contributed by atoms with Crippen LogP contribution in [0.4, 0.5) is 5.69 Å². The van der Waals surface area contributed by atoms with Gasteiger partial charge in [0.05, 0.1) is 18.3 Å². The van der Waals surface area contributed by atoms with Gasteiger partial charge >= 0.3 is 5.97 Å². The Hall–Kier alpha value is -1.71. The second kappa shape index (κ2) is 7.91. The normalized spacial score (nSPS) is 16.8. The highest BCUT2D eigenvalue weighted by atomic mass is 16.4. The monoisotopic (exact) mass is 301 g/mol. The number of carbonyl (C=O) groups is 1. The fourth-order valence-corrected chi connectivity index (χ4v) is 1.64. The largest absolute Gasteiger partial charge is 0.478 e. The minimum atomic E-state index is -1.68. The van der Waals surface area contributed by atoms with Crippen molar-refractivity contribution in [3.63, 3.8) is 0 Å². The zero-order chi connectivity index (χ0) is 16.0. The van der Waals surface area contributed by atoms with Crippen molar-refractivity contribution in [1.29, 1.82) is 0 Å². The molecule has 0 amide bonds. The molecule has 0 saturated carbocycles. The zero-order valence-corrected chi connectivity index (χ0v) is 11.1. The molecular weight excluding hydrogens is 282 g/mol. The molecule has 0 spiro atoms. The van der Waals surface area contributed by atoms with Crippen LogP contribution in [-0.4, -0.2) is 74.2 Å². The summed E-state index contributed by atoms with van der Waals surface area (Å²) in [5.74, 6) is -1.06. The van der Waals surface area contributed by atoms with Gasteiger partial charge in [0.2, 0.25) is 0 Å². The first-order valence-corrected chi connectivity index (χ1v) is 6.27. The SMILES string of the molecule is O=C(O)c1ccc(NC[C@@H](O)[C@@H](O)[C@H](O)[C@H](O)CO)cc1. The molecule has 1 aromatic rings. The van der Waals surface area contributed by atoms with Gasteiger partial charge in [-0.15, -0.1) is 0 Å². The summed E-state index contributed by atoms with van der Waals surface area (Å²) in [6, 6.07) is 5.72. The third-order valence-electron chi connectivity index (χ3n) is 2.97. The lowest BCUT2D eigenvalue weighted by Gasteiger charge is -2.26. The van der Waals surface area contributed by atoms with Crippen LogP contribution in [0.3, 0.4) is 0 Å². The fraction of sp³-hybridized carbons (Fsp3) is 0.462. The summed E-state index contributed by atoms with van der Waals surface area (Å²) in [6.07, 6.45) is -6.26. The Kier molecular flexibility index (Phi) is 6.53. The molecular formula is C13H19NO7. The molecule has 8 nitrogen and oxygen atoms in total. The second-order valence-corrected chi connectivity index (χ2v) is 4.56. The number of anilines is 1. The first kappa shape index (κ1) is 17.3. The number of carboxylic acids is 1. The molecule has 0 aliphatic rings. The molecule has 0 heterocycles. The van der Waals surface area contributed by atoms with E-state index in [4.69, 9.17) is 15.3 Å². The van der Waals surface area contributed by atoms with Crippen LogP contribution in [0.15, 0.2) is 24.3 Å². The summed E-state index contributed by atoms with van der Waals surface area (Å²) in [5, 5.41) is 58.0. The van der Waals surface area contributed by atoms with Gasteiger partial charge in [0.1, 0.15) is 18.3 Å². The molecule has 0 radical (unpaired) electrons. The van der Waals surface area contributed by atoms with Gasteiger partial charge < -0.3 is 36.0 Å². The van der Waals surface area contributed by atoms with Crippen molar-refractivity contribution in [3.05, 3.63) is 29.8 Å². The lowest BCUT2D eigenvalue weighted by Crippen LogP contribution is -2.47. The molecule has 0 saturated heterocycles. The van der Waals surface area contributed by atoms with Crippen LogP contribution in [0.5, 0.6) is 0 Å². The maximum atomic E-state index is 10.7. The third kappa shape index (κ3) is 4.96. The van der Waals surface area contributed by atoms with Crippen molar-refractivity contribution in [2.75, 3.05) is 18.5 Å². The van der Waals surface area contributed by atoms with Crippen LogP contribution in [0.1, 0.15) is 10.4 Å². The molecule has 0 bridgehead atoms. The van der Waals surface area contributed by atoms with Gasteiger partial charge in [-0.3, -0.25) is 0 Å². The summed E-state index contributed by atoms with van der Waals surface area (Å²) in [5.41, 5.74) is 0.631. The number of aliphatic hydroxyl groups excluding tert-OH is 5. The number of nitrogens with one attached hydrogen (secondary N) is 1. The van der Waals surface area contributed by atoms with Crippen LogP contribution in [0.2, 0.25) is 0 Å². The van der Waals surface area contributed by atoms with Crippen molar-refractivity contribution in [3.8, 4) is 0 Å². The summed E-state index contributed by atoms with van der Waals surface area (Å²) in [4.78, 5) is 10.7. The molecule has 21 heavy (non-hydrogen) atoms. The molecule has 0 fully saturated rings. The number of aromatic carboxylic acids is 1. The average Bonchev–Trinajstić information content (AvgIpc) is 2.50. The Morgan fingerprint density at radius 2 is 1.52 bits per heavy atom. The highest BCUT2D eigenvalue weighted by Gasteiger charge is 2.29. The quantitative estimate of drug-likeness (QED) is 0.298. The van der Waals surface area contributed by atoms with Gasteiger partial charge in [-0.05, 0) is 24.3 Å². The van der Waals surface area contributed by atoms with E-state index in [9.17, 15) is 20.1 Å². The molecule has 0 aliphatic heterocycles. The predicted octanol–water partition coefficient (Wildman–Crippen LogP) is -1.77. The number of carboxylic acid groups (broad SMARTS) is 1. The van der Waals surface area contributed by atoms with Gasteiger partial charge in [-0.1, -0.05) is 0 Å². The maximum Gasteiger partial charge on any atom is 0.335 e. The van der Waals surface area contributed by atoms with Crippen LogP contribution in [0, 0.1) is 0 Å². The topological polar surface area (TPSA) is 150 Å². The van der Waals surface area contributed by atoms with E-state index in [-0.39, 0.29) is 12.1 Å². The van der Waals surface area contributed by atoms with Gasteiger partial charge in [0.25, 0.3) is 0 Å². The lowest BCUT2D eigenvalue weighted by atomic mass is 10.0. The smallest absolute Gasteiger partial charge is 0.335 e. The first-order valence-electron chi connectivity index (χ1n) is 6.27. The minimum absolute atomic E-state index is 0.114. The molecule has 7 N–H and O–H groups in total. The number of hydrogen-bond acceptors (Lipinski definition) is 7. The van der Waals surface area contributed by atoms with Gasteiger partial charge in [-0.25, -0.2) is 4.79 Å². The molecule has 118 valence electrons. The number of hydrogen-bond donors (Lipinski definition) is 7. The first-order chi connectivity index (χ1) is 9.86. The molecule has 0 unspecified atom stereocenters. The van der Waals surface area contributed by atoms with Crippen LogP contribution >= 0.6 is 0 Å². The molecule has 0 aliphatic carbocycles. The van der Waals surface area contributed by atoms with E-state index in [0.717, 1.165) is 0 Å². The van der Waals surface area contributed by atoms with Crippen LogP contribution in [-0.2, 0) is 0 Å². The predicted molar refractivity (Wildman–Crippen MR) is 73.0 cm³/mol. The average molecular weight is 301 g/mol. The van der Waals surface area contributed by atoms with Crippen LogP contribution in [0.25, 0.3) is 0 Å². The molecule has 1 rings (SSSR count). The molecule has 0 aromatic heterocycles. The second-order valence-electron chi connectivity index (χ2n) is 4.56. The highest BCUT2D eigenvalue weighted by Crippen LogP contribution is 2.11. The van der Waals surface area contributed by atoms with Crippen molar-refractivity contribution < 1.29 is 35.4 Å². The maximum absolute atomic E-state index is 10.7. The van der Waals surface area contributed by atoms with Crippen molar-refractivity contribution in [2.45, 2.75) is 24.4 Å². The van der Waals surface area contributed by atoms with E-state index < -0.39 is 37.0 Å². The van der Waals surface area contributed by atoms with E-state index in [1.54, 1.807) is 0 Å². The van der Waals surface area contributed by atoms with Gasteiger partial charge in [0, 0.05) is 12.2 Å². The summed E-state index contributed by atoms with van der Waals surface area (Å²) < 4.78 is 0. The van der Waals surface area contributed by atoms with E-state index in [0.29, 0.717) is 5.69 Å². The Labute approximate surface area is 120 Å². The number of rotatable bonds is 8. The number of aliphatic hydroxyl groups is 5. The standard InChI is InChI=1S/C13H19NO7/c15-6-10(17)12(19)11(18)9(16)5-14-8-3-1-7(2-4-8)13(20)21/h1-4,9-12,14-19H,5-6H2,(H,20,21)/t9-,10-,11-,12-/m1/s1. The third-order valence-corrected chi connectivity index (χ3v) is 2.97. The Morgan fingerprint density at radius 1 is 1.00 bits per heavy atom. The Morgan fingerprint density at radius 3 is 2.00 bits per heavy atom. The van der Waals surface area contributed by atoms with Gasteiger partial charge in [0.15, 0.2) is 0 Å².